The summed E-state index contributed by atoms with van der Waals surface area (Å²) in [7, 11) is 0. The number of rotatable bonds is 6. The number of aromatic nitrogens is 1. The van der Waals surface area contributed by atoms with Crippen molar-refractivity contribution in [2.24, 2.45) is 5.92 Å². The fourth-order valence-corrected chi connectivity index (χ4v) is 5.03. The molecule has 1 aliphatic heterocycles. The standard InChI is InChI=1S/C25H39FN2O3/c1-24(2,3)31-23(29)28-21(17-18-11-7-6-8-12-18)22(30-25(28,4)5)15-14-19(26)20-13-9-10-16-27-20/h9-10,13,16,18-19,21-22H,6-8,11-12,14-15,17H2,1-5H3. The molecule has 6 heteroatoms. The molecule has 1 saturated carbocycles. The third-order valence-electron chi connectivity index (χ3n) is 6.38. The van der Waals surface area contributed by atoms with Gasteiger partial charge in [-0.15, -0.1) is 0 Å². The highest BCUT2D eigenvalue weighted by Gasteiger charge is 2.51. The predicted octanol–water partition coefficient (Wildman–Crippen LogP) is 6.58. The van der Waals surface area contributed by atoms with E-state index in [9.17, 15) is 9.18 Å². The van der Waals surface area contributed by atoms with Gasteiger partial charge in [0.1, 0.15) is 17.5 Å². The maximum atomic E-state index is 14.8. The van der Waals surface area contributed by atoms with Crippen LogP contribution in [0.3, 0.4) is 0 Å². The molecule has 0 radical (unpaired) electrons. The number of amides is 1. The topological polar surface area (TPSA) is 51.7 Å². The Bertz CT molecular complexity index is 713. The van der Waals surface area contributed by atoms with Crippen LogP contribution in [0.5, 0.6) is 0 Å². The van der Waals surface area contributed by atoms with Gasteiger partial charge in [-0.05, 0) is 71.9 Å². The van der Waals surface area contributed by atoms with E-state index in [4.69, 9.17) is 9.47 Å². The van der Waals surface area contributed by atoms with Crippen LogP contribution >= 0.6 is 0 Å². The number of hydrogen-bond donors (Lipinski definition) is 0. The van der Waals surface area contributed by atoms with E-state index in [-0.39, 0.29) is 18.2 Å². The molecule has 0 aromatic carbocycles. The molecule has 5 nitrogen and oxygen atoms in total. The van der Waals surface area contributed by atoms with E-state index < -0.39 is 17.5 Å². The summed E-state index contributed by atoms with van der Waals surface area (Å²) in [6.45, 7) is 9.46. The van der Waals surface area contributed by atoms with Crippen LogP contribution in [0.4, 0.5) is 9.18 Å². The van der Waals surface area contributed by atoms with Crippen molar-refractivity contribution >= 4 is 6.09 Å². The first-order chi connectivity index (χ1) is 14.6. The molecule has 31 heavy (non-hydrogen) atoms. The molecule has 0 N–H and O–H groups in total. The molecule has 1 amide bonds. The summed E-state index contributed by atoms with van der Waals surface area (Å²) in [4.78, 5) is 19.1. The van der Waals surface area contributed by atoms with E-state index in [1.54, 1.807) is 29.3 Å². The number of hydrogen-bond acceptors (Lipinski definition) is 4. The summed E-state index contributed by atoms with van der Waals surface area (Å²) < 4.78 is 26.9. The van der Waals surface area contributed by atoms with Gasteiger partial charge in [-0.3, -0.25) is 9.88 Å². The van der Waals surface area contributed by atoms with Gasteiger partial charge >= 0.3 is 6.09 Å². The summed E-state index contributed by atoms with van der Waals surface area (Å²) in [5.74, 6) is 0.570. The van der Waals surface area contributed by atoms with Crippen LogP contribution in [-0.4, -0.2) is 39.4 Å². The Balaban J connectivity index is 1.76. The van der Waals surface area contributed by atoms with E-state index in [0.29, 0.717) is 24.5 Å². The van der Waals surface area contributed by atoms with Gasteiger partial charge in [-0.2, -0.15) is 0 Å². The zero-order valence-electron chi connectivity index (χ0n) is 19.8. The second kappa shape index (κ2) is 9.85. The lowest BCUT2D eigenvalue weighted by atomic mass is 9.83. The Morgan fingerprint density at radius 1 is 1.29 bits per heavy atom. The number of carbonyl (C=O) groups excluding carboxylic acids is 1. The van der Waals surface area contributed by atoms with Gasteiger partial charge in [-0.25, -0.2) is 9.18 Å². The minimum Gasteiger partial charge on any atom is -0.444 e. The van der Waals surface area contributed by atoms with Crippen LogP contribution in [0.25, 0.3) is 0 Å². The van der Waals surface area contributed by atoms with Gasteiger partial charge < -0.3 is 9.47 Å². The first-order valence-electron chi connectivity index (χ1n) is 11.8. The van der Waals surface area contributed by atoms with Crippen LogP contribution < -0.4 is 0 Å². The smallest absolute Gasteiger partial charge is 0.412 e. The van der Waals surface area contributed by atoms with Gasteiger partial charge in [0.2, 0.25) is 0 Å². The average molecular weight is 435 g/mol. The lowest BCUT2D eigenvalue weighted by Crippen LogP contribution is -2.50. The van der Waals surface area contributed by atoms with Gasteiger partial charge in [0.25, 0.3) is 0 Å². The molecule has 2 fully saturated rings. The molecule has 0 bridgehead atoms. The molecule has 3 atom stereocenters. The largest absolute Gasteiger partial charge is 0.444 e. The maximum absolute atomic E-state index is 14.8. The summed E-state index contributed by atoms with van der Waals surface area (Å²) >= 11 is 0. The van der Waals surface area contributed by atoms with Crippen LogP contribution in [0, 0.1) is 5.92 Å². The van der Waals surface area contributed by atoms with Crippen molar-refractivity contribution in [2.45, 2.75) is 116 Å². The van der Waals surface area contributed by atoms with E-state index in [0.717, 1.165) is 6.42 Å². The minimum absolute atomic E-state index is 0.108. The number of carbonyl (C=O) groups is 1. The van der Waals surface area contributed by atoms with Gasteiger partial charge in [0, 0.05) is 6.20 Å². The maximum Gasteiger partial charge on any atom is 0.412 e. The molecule has 1 saturated heterocycles. The van der Waals surface area contributed by atoms with E-state index in [1.807, 2.05) is 34.6 Å². The van der Waals surface area contributed by atoms with Crippen molar-refractivity contribution < 1.29 is 18.7 Å². The van der Waals surface area contributed by atoms with E-state index in [1.165, 1.54) is 32.1 Å². The highest BCUT2D eigenvalue weighted by molar-refractivity contribution is 5.70. The predicted molar refractivity (Wildman–Crippen MR) is 119 cm³/mol. The highest BCUT2D eigenvalue weighted by Crippen LogP contribution is 2.41. The van der Waals surface area contributed by atoms with Gasteiger partial charge in [0.15, 0.2) is 0 Å². The quantitative estimate of drug-likeness (QED) is 0.507. The lowest BCUT2D eigenvalue weighted by molar-refractivity contribution is -0.0809. The number of ether oxygens (including phenoxy) is 2. The summed E-state index contributed by atoms with van der Waals surface area (Å²) in [6.07, 6.45) is 7.80. The van der Waals surface area contributed by atoms with Crippen molar-refractivity contribution in [2.75, 3.05) is 0 Å². The molecular weight excluding hydrogens is 395 g/mol. The summed E-state index contributed by atoms with van der Waals surface area (Å²) in [5.41, 5.74) is -0.917. The second-order valence-electron chi connectivity index (χ2n) is 10.6. The van der Waals surface area contributed by atoms with Gasteiger partial charge in [0.05, 0.1) is 17.8 Å². The first kappa shape index (κ1) is 24.0. The Labute approximate surface area is 186 Å². The van der Waals surface area contributed by atoms with Crippen molar-refractivity contribution in [1.82, 2.24) is 9.88 Å². The molecule has 1 aromatic rings. The van der Waals surface area contributed by atoms with E-state index in [2.05, 4.69) is 4.98 Å². The zero-order valence-corrected chi connectivity index (χ0v) is 19.8. The number of halogens is 1. The fraction of sp³-hybridized carbons (Fsp3) is 0.760. The monoisotopic (exact) mass is 434 g/mol. The van der Waals surface area contributed by atoms with Crippen molar-refractivity contribution in [3.05, 3.63) is 30.1 Å². The minimum atomic E-state index is -1.14. The lowest BCUT2D eigenvalue weighted by Gasteiger charge is -2.37. The first-order valence-corrected chi connectivity index (χ1v) is 11.8. The summed E-state index contributed by atoms with van der Waals surface area (Å²) in [5, 5.41) is 0. The number of alkyl halides is 1. The van der Waals surface area contributed by atoms with Crippen LogP contribution in [0.2, 0.25) is 0 Å². The molecule has 3 rings (SSSR count). The third-order valence-corrected chi connectivity index (χ3v) is 6.38. The van der Waals surface area contributed by atoms with Crippen molar-refractivity contribution in [3.63, 3.8) is 0 Å². The molecule has 3 unspecified atom stereocenters. The molecule has 2 aliphatic rings. The summed E-state index contributed by atoms with van der Waals surface area (Å²) in [6, 6.07) is 5.21. The molecule has 1 aromatic heterocycles. The van der Waals surface area contributed by atoms with Crippen molar-refractivity contribution in [1.29, 1.82) is 0 Å². The van der Waals surface area contributed by atoms with Gasteiger partial charge in [-0.1, -0.05) is 38.2 Å². The van der Waals surface area contributed by atoms with Crippen LogP contribution in [0.1, 0.15) is 97.9 Å². The van der Waals surface area contributed by atoms with Crippen LogP contribution in [-0.2, 0) is 9.47 Å². The normalized spacial score (nSPS) is 25.4. The molecular formula is C25H39FN2O3. The zero-order chi connectivity index (χ0) is 22.6. The third kappa shape index (κ3) is 6.41. The highest BCUT2D eigenvalue weighted by atomic mass is 19.1. The van der Waals surface area contributed by atoms with Crippen LogP contribution in [0.15, 0.2) is 24.4 Å². The average Bonchev–Trinajstić information content (AvgIpc) is 2.95. The second-order valence-corrected chi connectivity index (χ2v) is 10.6. The Kier molecular flexibility index (Phi) is 7.61. The fourth-order valence-electron chi connectivity index (χ4n) is 5.03. The molecule has 174 valence electrons. The SMILES string of the molecule is CC(C)(C)OC(=O)N1C(CC2CCCCC2)C(CCC(F)c2ccccn2)OC1(C)C. The Hall–Kier alpha value is -1.69. The number of pyridine rings is 1. The molecule has 0 spiro atoms. The van der Waals surface area contributed by atoms with E-state index >= 15 is 0 Å². The molecule has 2 heterocycles. The number of nitrogens with zero attached hydrogens (tertiary/aromatic N) is 2. The van der Waals surface area contributed by atoms with Crippen molar-refractivity contribution in [3.8, 4) is 0 Å². The Morgan fingerprint density at radius 2 is 2.00 bits per heavy atom. The Morgan fingerprint density at radius 3 is 2.61 bits per heavy atom. The molecule has 1 aliphatic carbocycles.